The number of hydrogen-bond donors (Lipinski definition) is 0. The molecule has 1 aliphatic rings. The molecule has 25 heavy (non-hydrogen) atoms. The van der Waals surface area contributed by atoms with E-state index in [9.17, 15) is 14.9 Å². The molecular weight excluding hydrogens is 336 g/mol. The van der Waals surface area contributed by atoms with E-state index in [1.54, 1.807) is 16.2 Å². The van der Waals surface area contributed by atoms with Crippen LogP contribution in [0.4, 0.5) is 11.4 Å². The lowest BCUT2D eigenvalue weighted by Crippen LogP contribution is -2.32. The highest BCUT2D eigenvalue weighted by Gasteiger charge is 2.25. The Morgan fingerprint density at radius 1 is 1.08 bits per heavy atom. The fourth-order valence-electron chi connectivity index (χ4n) is 3.12. The lowest BCUT2D eigenvalue weighted by Gasteiger charge is -2.23. The zero-order chi connectivity index (χ0) is 17.4. The topological polar surface area (TPSA) is 63.4 Å². The molecule has 4 rings (SSSR count). The SMILES string of the molecule is O=C(c1ccc([N+](=O)[O-])cc1)N1CCc2ccsc2-c2ccccc21. The van der Waals surface area contributed by atoms with E-state index >= 15 is 0 Å². The Labute approximate surface area is 148 Å². The third kappa shape index (κ3) is 2.70. The van der Waals surface area contributed by atoms with Crippen molar-refractivity contribution in [3.8, 4) is 10.4 Å². The van der Waals surface area contributed by atoms with Gasteiger partial charge in [-0.3, -0.25) is 14.9 Å². The molecule has 0 radical (unpaired) electrons. The van der Waals surface area contributed by atoms with E-state index in [0.717, 1.165) is 17.7 Å². The number of benzene rings is 2. The van der Waals surface area contributed by atoms with Gasteiger partial charge in [0.1, 0.15) is 0 Å². The van der Waals surface area contributed by atoms with Gasteiger partial charge in [0.25, 0.3) is 11.6 Å². The van der Waals surface area contributed by atoms with Crippen molar-refractivity contribution in [2.75, 3.05) is 11.4 Å². The van der Waals surface area contributed by atoms with Gasteiger partial charge in [-0.15, -0.1) is 11.3 Å². The minimum absolute atomic E-state index is 0.0185. The Bertz CT molecular complexity index is 963. The summed E-state index contributed by atoms with van der Waals surface area (Å²) >= 11 is 1.68. The third-order valence-electron chi connectivity index (χ3n) is 4.36. The summed E-state index contributed by atoms with van der Waals surface area (Å²) in [4.78, 5) is 26.3. The van der Waals surface area contributed by atoms with Crippen LogP contribution in [0.1, 0.15) is 15.9 Å². The van der Waals surface area contributed by atoms with Crippen LogP contribution in [0.15, 0.2) is 60.0 Å². The van der Waals surface area contributed by atoms with Crippen LogP contribution >= 0.6 is 11.3 Å². The molecule has 0 bridgehead atoms. The van der Waals surface area contributed by atoms with E-state index in [2.05, 4.69) is 11.4 Å². The van der Waals surface area contributed by atoms with E-state index in [1.165, 1.54) is 34.7 Å². The molecule has 124 valence electrons. The second-order valence-corrected chi connectivity index (χ2v) is 6.72. The summed E-state index contributed by atoms with van der Waals surface area (Å²) < 4.78 is 0. The summed E-state index contributed by atoms with van der Waals surface area (Å²) in [6.07, 6.45) is 0.784. The minimum Gasteiger partial charge on any atom is -0.307 e. The van der Waals surface area contributed by atoms with Crippen LogP contribution in [0.25, 0.3) is 10.4 Å². The number of carbonyl (C=O) groups excluding carboxylic acids is 1. The number of nitrogens with zero attached hydrogens (tertiary/aromatic N) is 2. The van der Waals surface area contributed by atoms with Crippen molar-refractivity contribution in [1.82, 2.24) is 0 Å². The average Bonchev–Trinajstić information content (AvgIpc) is 3.05. The maximum absolute atomic E-state index is 13.0. The van der Waals surface area contributed by atoms with Gasteiger partial charge in [-0.25, -0.2) is 0 Å². The fourth-order valence-corrected chi connectivity index (χ4v) is 4.10. The Morgan fingerprint density at radius 3 is 2.60 bits per heavy atom. The number of amides is 1. The molecule has 0 N–H and O–H groups in total. The predicted molar refractivity (Wildman–Crippen MR) is 98.2 cm³/mol. The van der Waals surface area contributed by atoms with Crippen LogP contribution in [0, 0.1) is 10.1 Å². The van der Waals surface area contributed by atoms with Crippen LogP contribution in [0.3, 0.4) is 0 Å². The molecule has 0 fully saturated rings. The van der Waals surface area contributed by atoms with Crippen molar-refractivity contribution in [2.24, 2.45) is 0 Å². The van der Waals surface area contributed by atoms with Crippen molar-refractivity contribution in [3.05, 3.63) is 81.2 Å². The van der Waals surface area contributed by atoms with E-state index in [-0.39, 0.29) is 11.6 Å². The number of nitro groups is 1. The fraction of sp³-hybridized carbons (Fsp3) is 0.105. The van der Waals surface area contributed by atoms with Gasteiger partial charge in [0, 0.05) is 34.7 Å². The number of carbonyl (C=O) groups is 1. The minimum atomic E-state index is -0.465. The largest absolute Gasteiger partial charge is 0.307 e. The second kappa shape index (κ2) is 6.14. The summed E-state index contributed by atoms with van der Waals surface area (Å²) in [5.74, 6) is -0.141. The van der Waals surface area contributed by atoms with Gasteiger partial charge in [-0.2, -0.15) is 0 Å². The summed E-state index contributed by atoms with van der Waals surface area (Å²) in [7, 11) is 0. The van der Waals surface area contributed by atoms with Gasteiger partial charge in [-0.1, -0.05) is 18.2 Å². The number of thiophene rings is 1. The lowest BCUT2D eigenvalue weighted by molar-refractivity contribution is -0.384. The molecule has 3 aromatic rings. The van der Waals surface area contributed by atoms with Crippen molar-refractivity contribution < 1.29 is 9.72 Å². The first-order chi connectivity index (χ1) is 12.1. The van der Waals surface area contributed by atoms with E-state index in [4.69, 9.17) is 0 Å². The van der Waals surface area contributed by atoms with Crippen LogP contribution in [-0.4, -0.2) is 17.4 Å². The van der Waals surface area contributed by atoms with Crippen molar-refractivity contribution >= 4 is 28.6 Å². The monoisotopic (exact) mass is 350 g/mol. The maximum Gasteiger partial charge on any atom is 0.269 e. The first kappa shape index (κ1) is 15.5. The number of rotatable bonds is 2. The Balaban J connectivity index is 1.74. The molecule has 0 saturated carbocycles. The molecule has 1 aromatic heterocycles. The highest BCUT2D eigenvalue weighted by molar-refractivity contribution is 7.13. The predicted octanol–water partition coefficient (Wildman–Crippen LogP) is 4.53. The molecule has 0 atom stereocenters. The summed E-state index contributed by atoms with van der Waals surface area (Å²) in [6, 6.07) is 15.8. The van der Waals surface area contributed by atoms with E-state index < -0.39 is 4.92 Å². The quantitative estimate of drug-likeness (QED) is 0.504. The van der Waals surface area contributed by atoms with Gasteiger partial charge in [0.2, 0.25) is 0 Å². The molecule has 1 aliphatic heterocycles. The van der Waals surface area contributed by atoms with Crippen molar-refractivity contribution in [2.45, 2.75) is 6.42 Å². The zero-order valence-corrected chi connectivity index (χ0v) is 14.0. The number of anilines is 1. The van der Waals surface area contributed by atoms with Gasteiger partial charge < -0.3 is 4.90 Å². The third-order valence-corrected chi connectivity index (χ3v) is 5.35. The summed E-state index contributed by atoms with van der Waals surface area (Å²) in [5.41, 5.74) is 3.62. The van der Waals surface area contributed by atoms with E-state index in [1.807, 2.05) is 24.3 Å². The molecule has 0 saturated heterocycles. The molecule has 1 amide bonds. The van der Waals surface area contributed by atoms with Crippen LogP contribution in [-0.2, 0) is 6.42 Å². The summed E-state index contributed by atoms with van der Waals surface area (Å²) in [5, 5.41) is 12.9. The lowest BCUT2D eigenvalue weighted by atomic mass is 10.1. The van der Waals surface area contributed by atoms with Gasteiger partial charge in [-0.05, 0) is 41.6 Å². The van der Waals surface area contributed by atoms with Crippen LogP contribution < -0.4 is 4.90 Å². The first-order valence-corrected chi connectivity index (χ1v) is 8.75. The molecule has 6 heteroatoms. The Kier molecular flexibility index (Phi) is 3.82. The zero-order valence-electron chi connectivity index (χ0n) is 13.2. The van der Waals surface area contributed by atoms with E-state index in [0.29, 0.717) is 12.1 Å². The number of para-hydroxylation sites is 1. The molecule has 0 aliphatic carbocycles. The Hall–Kier alpha value is -2.99. The normalized spacial score (nSPS) is 12.9. The molecule has 0 spiro atoms. The second-order valence-electron chi connectivity index (χ2n) is 5.80. The molecular formula is C19H14N2O3S. The number of nitro benzene ring substituents is 1. The van der Waals surface area contributed by atoms with Crippen molar-refractivity contribution in [3.63, 3.8) is 0 Å². The van der Waals surface area contributed by atoms with Crippen LogP contribution in [0.2, 0.25) is 0 Å². The highest BCUT2D eigenvalue weighted by atomic mass is 32.1. The van der Waals surface area contributed by atoms with Gasteiger partial charge in [0.05, 0.1) is 10.6 Å². The highest BCUT2D eigenvalue weighted by Crippen LogP contribution is 2.40. The maximum atomic E-state index is 13.0. The van der Waals surface area contributed by atoms with Gasteiger partial charge in [0.15, 0.2) is 0 Å². The molecule has 5 nitrogen and oxygen atoms in total. The Morgan fingerprint density at radius 2 is 1.84 bits per heavy atom. The molecule has 0 unspecified atom stereocenters. The first-order valence-electron chi connectivity index (χ1n) is 7.87. The smallest absolute Gasteiger partial charge is 0.269 e. The van der Waals surface area contributed by atoms with Crippen molar-refractivity contribution in [1.29, 1.82) is 0 Å². The number of fused-ring (bicyclic) bond motifs is 3. The van der Waals surface area contributed by atoms with Gasteiger partial charge >= 0.3 is 0 Å². The standard InChI is InChI=1S/C19H14N2O3S/c22-19(14-5-7-15(8-6-14)21(23)24)20-11-9-13-10-12-25-18(13)16-3-1-2-4-17(16)20/h1-8,10,12H,9,11H2. The average molecular weight is 350 g/mol. The molecule has 2 aromatic carbocycles. The molecule has 2 heterocycles. The summed E-state index contributed by atoms with van der Waals surface area (Å²) in [6.45, 7) is 0.580. The number of hydrogen-bond acceptors (Lipinski definition) is 4. The number of non-ortho nitro benzene ring substituents is 1. The van der Waals surface area contributed by atoms with Crippen LogP contribution in [0.5, 0.6) is 0 Å².